The molecule has 0 bridgehead atoms. The number of hydrogen-bond donors (Lipinski definition) is 0. The van der Waals surface area contributed by atoms with Gasteiger partial charge in [0.1, 0.15) is 0 Å². The van der Waals surface area contributed by atoms with Gasteiger partial charge in [-0.15, -0.1) is 0 Å². The van der Waals surface area contributed by atoms with Crippen molar-refractivity contribution in [1.29, 1.82) is 0 Å². The van der Waals surface area contributed by atoms with Crippen molar-refractivity contribution in [3.63, 3.8) is 0 Å². The number of carbonyl (C=O) groups is 2. The zero-order valence-corrected chi connectivity index (χ0v) is 14.5. The Labute approximate surface area is 152 Å². The van der Waals surface area contributed by atoms with Crippen LogP contribution >= 0.6 is 0 Å². The predicted octanol–water partition coefficient (Wildman–Crippen LogP) is 3.97. The van der Waals surface area contributed by atoms with E-state index in [0.717, 1.165) is 28.4 Å². The Bertz CT molecular complexity index is 990. The van der Waals surface area contributed by atoms with Crippen LogP contribution in [0.1, 0.15) is 22.8 Å². The van der Waals surface area contributed by atoms with Crippen molar-refractivity contribution in [2.75, 3.05) is 11.4 Å². The van der Waals surface area contributed by atoms with Crippen LogP contribution in [-0.4, -0.2) is 24.5 Å². The molecule has 1 aliphatic rings. The Morgan fingerprint density at radius 1 is 0.962 bits per heavy atom. The lowest BCUT2D eigenvalue weighted by Gasteiger charge is -2.22. The highest BCUT2D eigenvalue weighted by Gasteiger charge is 2.30. The number of fused-ring (bicyclic) bond motifs is 2. The van der Waals surface area contributed by atoms with Crippen molar-refractivity contribution in [3.8, 4) is 0 Å². The number of para-hydroxylation sites is 1. The molecular formula is C22H19NO3. The fourth-order valence-corrected chi connectivity index (χ4v) is 3.46. The average Bonchev–Trinajstić information content (AvgIpc) is 3.11. The molecule has 4 nitrogen and oxygen atoms in total. The van der Waals surface area contributed by atoms with Crippen LogP contribution in [0.2, 0.25) is 0 Å². The predicted molar refractivity (Wildman–Crippen MR) is 101 cm³/mol. The smallest absolute Gasteiger partial charge is 0.339 e. The number of amides is 1. The summed E-state index contributed by atoms with van der Waals surface area (Å²) in [6.07, 6.45) is -0.0149. The molecule has 0 unspecified atom stereocenters. The van der Waals surface area contributed by atoms with Crippen LogP contribution in [0.4, 0.5) is 5.69 Å². The molecule has 1 aliphatic heterocycles. The van der Waals surface area contributed by atoms with Gasteiger partial charge in [0.05, 0.1) is 5.56 Å². The second-order valence-corrected chi connectivity index (χ2v) is 6.44. The first kappa shape index (κ1) is 16.3. The largest absolute Gasteiger partial charge is 0.449 e. The van der Waals surface area contributed by atoms with E-state index in [4.69, 9.17) is 4.74 Å². The summed E-state index contributed by atoms with van der Waals surface area (Å²) < 4.78 is 5.50. The summed E-state index contributed by atoms with van der Waals surface area (Å²) in [5, 5.41) is 1.79. The lowest BCUT2D eigenvalue weighted by Crippen LogP contribution is -2.39. The van der Waals surface area contributed by atoms with Crippen LogP contribution in [-0.2, 0) is 16.0 Å². The first-order valence-corrected chi connectivity index (χ1v) is 8.73. The minimum atomic E-state index is -0.840. The van der Waals surface area contributed by atoms with Crippen molar-refractivity contribution >= 4 is 28.3 Å². The van der Waals surface area contributed by atoms with Crippen LogP contribution < -0.4 is 4.90 Å². The third-order valence-corrected chi connectivity index (χ3v) is 4.79. The van der Waals surface area contributed by atoms with E-state index in [2.05, 4.69) is 0 Å². The third kappa shape index (κ3) is 2.84. The fraction of sp³-hybridized carbons (Fsp3) is 0.182. The number of esters is 1. The van der Waals surface area contributed by atoms with Gasteiger partial charge < -0.3 is 9.64 Å². The van der Waals surface area contributed by atoms with E-state index in [1.54, 1.807) is 17.9 Å². The molecule has 0 radical (unpaired) electrons. The Morgan fingerprint density at radius 2 is 1.69 bits per heavy atom. The molecule has 0 fully saturated rings. The number of benzene rings is 3. The second-order valence-electron chi connectivity index (χ2n) is 6.44. The maximum Gasteiger partial charge on any atom is 0.339 e. The first-order valence-electron chi connectivity index (χ1n) is 8.73. The average molecular weight is 345 g/mol. The van der Waals surface area contributed by atoms with Crippen molar-refractivity contribution in [2.24, 2.45) is 0 Å². The van der Waals surface area contributed by atoms with E-state index in [1.165, 1.54) is 0 Å². The van der Waals surface area contributed by atoms with Gasteiger partial charge in [0.15, 0.2) is 6.10 Å². The number of hydrogen-bond acceptors (Lipinski definition) is 3. The quantitative estimate of drug-likeness (QED) is 0.675. The van der Waals surface area contributed by atoms with Gasteiger partial charge in [-0.05, 0) is 41.8 Å². The summed E-state index contributed by atoms with van der Waals surface area (Å²) in [6, 6.07) is 21.0. The summed E-state index contributed by atoms with van der Waals surface area (Å²) in [5.74, 6) is -0.668. The molecule has 1 heterocycles. The number of anilines is 1. The minimum Gasteiger partial charge on any atom is -0.449 e. The van der Waals surface area contributed by atoms with Gasteiger partial charge in [-0.25, -0.2) is 4.79 Å². The number of carbonyl (C=O) groups excluding carboxylic acids is 2. The monoisotopic (exact) mass is 345 g/mol. The zero-order chi connectivity index (χ0) is 18.1. The molecule has 3 aromatic carbocycles. The van der Waals surface area contributed by atoms with Gasteiger partial charge in [-0.1, -0.05) is 54.6 Å². The highest BCUT2D eigenvalue weighted by Crippen LogP contribution is 2.28. The Morgan fingerprint density at radius 3 is 2.58 bits per heavy atom. The molecule has 0 saturated heterocycles. The fourth-order valence-electron chi connectivity index (χ4n) is 3.46. The molecule has 0 N–H and O–H groups in total. The van der Waals surface area contributed by atoms with E-state index in [0.29, 0.717) is 12.1 Å². The first-order chi connectivity index (χ1) is 12.6. The maximum absolute atomic E-state index is 12.8. The molecule has 3 aromatic rings. The van der Waals surface area contributed by atoms with Crippen LogP contribution in [0.15, 0.2) is 66.7 Å². The highest BCUT2D eigenvalue weighted by atomic mass is 16.5. The van der Waals surface area contributed by atoms with Crippen molar-refractivity contribution in [1.82, 2.24) is 0 Å². The lowest BCUT2D eigenvalue weighted by atomic mass is 10.0. The molecule has 0 spiro atoms. The second kappa shape index (κ2) is 6.64. The molecule has 0 aliphatic carbocycles. The van der Waals surface area contributed by atoms with Crippen LogP contribution in [0.5, 0.6) is 0 Å². The minimum absolute atomic E-state index is 0.191. The van der Waals surface area contributed by atoms with Crippen LogP contribution in [0.3, 0.4) is 0 Å². The molecule has 0 saturated carbocycles. The topological polar surface area (TPSA) is 46.6 Å². The summed E-state index contributed by atoms with van der Waals surface area (Å²) >= 11 is 0. The summed E-state index contributed by atoms with van der Waals surface area (Å²) in [4.78, 5) is 27.1. The van der Waals surface area contributed by atoms with Crippen molar-refractivity contribution in [3.05, 3.63) is 77.9 Å². The molecule has 26 heavy (non-hydrogen) atoms. The summed E-state index contributed by atoms with van der Waals surface area (Å²) in [7, 11) is 0. The molecule has 4 heteroatoms. The molecule has 1 atom stereocenters. The lowest BCUT2D eigenvalue weighted by molar-refractivity contribution is -0.126. The number of ether oxygens (including phenoxy) is 1. The van der Waals surface area contributed by atoms with Crippen LogP contribution in [0, 0.1) is 0 Å². The van der Waals surface area contributed by atoms with Crippen LogP contribution in [0.25, 0.3) is 10.8 Å². The Kier molecular flexibility index (Phi) is 4.17. The normalized spacial score (nSPS) is 14.1. The van der Waals surface area contributed by atoms with Crippen molar-refractivity contribution in [2.45, 2.75) is 19.4 Å². The van der Waals surface area contributed by atoms with E-state index in [-0.39, 0.29) is 5.91 Å². The number of nitrogens with zero attached hydrogens (tertiary/aromatic N) is 1. The van der Waals surface area contributed by atoms with Gasteiger partial charge in [0, 0.05) is 12.2 Å². The Balaban J connectivity index is 1.54. The molecule has 130 valence electrons. The van der Waals surface area contributed by atoms with Gasteiger partial charge in [0.25, 0.3) is 5.91 Å². The highest BCUT2D eigenvalue weighted by molar-refractivity contribution is 6.06. The van der Waals surface area contributed by atoms with E-state index in [9.17, 15) is 9.59 Å². The maximum atomic E-state index is 12.8. The standard InChI is InChI=1S/C22H19NO3/c1-15(21(24)23-14-13-17-8-3-5-12-20(17)23)26-22(25)19-11-6-9-16-7-2-4-10-18(16)19/h2-12,15H,13-14H2,1H3/t15-/m1/s1. The number of rotatable bonds is 3. The Hall–Kier alpha value is -3.14. The van der Waals surface area contributed by atoms with Gasteiger partial charge >= 0.3 is 5.97 Å². The zero-order valence-electron chi connectivity index (χ0n) is 14.5. The van der Waals surface area contributed by atoms with E-state index >= 15 is 0 Å². The summed E-state index contributed by atoms with van der Waals surface area (Å²) in [6.45, 7) is 2.25. The van der Waals surface area contributed by atoms with E-state index < -0.39 is 12.1 Å². The summed E-state index contributed by atoms with van der Waals surface area (Å²) in [5.41, 5.74) is 2.53. The van der Waals surface area contributed by atoms with Gasteiger partial charge in [0.2, 0.25) is 0 Å². The van der Waals surface area contributed by atoms with Gasteiger partial charge in [-0.3, -0.25) is 4.79 Å². The SMILES string of the molecule is C[C@@H](OC(=O)c1cccc2ccccc12)C(=O)N1CCc2ccccc21. The van der Waals surface area contributed by atoms with Crippen molar-refractivity contribution < 1.29 is 14.3 Å². The molecule has 4 rings (SSSR count). The molecule has 0 aromatic heterocycles. The molecule has 1 amide bonds. The molecular weight excluding hydrogens is 326 g/mol. The van der Waals surface area contributed by atoms with E-state index in [1.807, 2.05) is 60.7 Å². The van der Waals surface area contributed by atoms with Gasteiger partial charge in [-0.2, -0.15) is 0 Å². The third-order valence-electron chi connectivity index (χ3n) is 4.79.